The standard InChI is InChI=1S/C33H32N2O8S2/c1-41-27-10-6-21(15-28(27)42-17-30(37)34-24(32(39)40)13-18-3-7-22(36)8-4-18)26-11-9-23(43-26)16-29-31(38)35(33(44)45-29)25-14-19-2-5-20(25)12-19/h3-4,6-11,15-16,19-20,24-25,36H,2,5,12-14,17H2,1H3,(H,34,37)(H,39,40)/b29-16-/t19?,20?,24-,25?/m0/s1. The highest BCUT2D eigenvalue weighted by Gasteiger charge is 2.48. The van der Waals surface area contributed by atoms with Crippen molar-refractivity contribution in [2.75, 3.05) is 13.7 Å². The van der Waals surface area contributed by atoms with Gasteiger partial charge in [-0.1, -0.05) is 42.5 Å². The first kappa shape index (κ1) is 30.7. The monoisotopic (exact) mass is 648 g/mol. The Morgan fingerprint density at radius 2 is 1.93 bits per heavy atom. The number of methoxy groups -OCH3 is 1. The van der Waals surface area contributed by atoms with Gasteiger partial charge in [-0.3, -0.25) is 14.5 Å². The molecule has 6 rings (SSSR count). The fourth-order valence-corrected chi connectivity index (χ4v) is 7.75. The summed E-state index contributed by atoms with van der Waals surface area (Å²) in [6.07, 6.45) is 6.38. The predicted molar refractivity (Wildman–Crippen MR) is 172 cm³/mol. The lowest BCUT2D eigenvalue weighted by atomic mass is 9.94. The molecule has 0 spiro atoms. The van der Waals surface area contributed by atoms with Crippen LogP contribution in [0.5, 0.6) is 17.2 Å². The van der Waals surface area contributed by atoms with Crippen LogP contribution in [-0.4, -0.2) is 63.0 Å². The molecule has 1 aromatic heterocycles. The molecule has 2 bridgehead atoms. The van der Waals surface area contributed by atoms with Crippen LogP contribution in [0.4, 0.5) is 0 Å². The van der Waals surface area contributed by atoms with Crippen LogP contribution in [0, 0.1) is 11.8 Å². The molecule has 0 radical (unpaired) electrons. The molecule has 2 aliphatic carbocycles. The molecule has 1 saturated heterocycles. The molecule has 45 heavy (non-hydrogen) atoms. The first-order chi connectivity index (χ1) is 21.7. The van der Waals surface area contributed by atoms with Crippen LogP contribution in [0.25, 0.3) is 17.4 Å². The van der Waals surface area contributed by atoms with E-state index in [0.717, 1.165) is 12.8 Å². The van der Waals surface area contributed by atoms with Gasteiger partial charge in [0, 0.05) is 24.1 Å². The fourth-order valence-electron chi connectivity index (χ4n) is 6.40. The summed E-state index contributed by atoms with van der Waals surface area (Å²) >= 11 is 6.91. The lowest BCUT2D eigenvalue weighted by Gasteiger charge is -2.30. The third kappa shape index (κ3) is 6.71. The van der Waals surface area contributed by atoms with Gasteiger partial charge in [-0.05, 0) is 79.1 Å². The van der Waals surface area contributed by atoms with Gasteiger partial charge in [0.1, 0.15) is 27.6 Å². The highest BCUT2D eigenvalue weighted by molar-refractivity contribution is 8.26. The summed E-state index contributed by atoms with van der Waals surface area (Å²) in [6, 6.07) is 13.8. The van der Waals surface area contributed by atoms with Gasteiger partial charge < -0.3 is 29.4 Å². The molecule has 10 nitrogen and oxygen atoms in total. The van der Waals surface area contributed by atoms with Crippen molar-refractivity contribution in [2.45, 2.75) is 44.2 Å². The minimum atomic E-state index is -1.20. The van der Waals surface area contributed by atoms with Crippen LogP contribution < -0.4 is 14.8 Å². The first-order valence-corrected chi connectivity index (χ1v) is 15.9. The van der Waals surface area contributed by atoms with Crippen LogP contribution in [0.15, 0.2) is 63.9 Å². The maximum absolute atomic E-state index is 13.3. The molecule has 234 valence electrons. The minimum absolute atomic E-state index is 0.0344. The number of hydrogen-bond acceptors (Lipinski definition) is 9. The van der Waals surface area contributed by atoms with Gasteiger partial charge in [0.15, 0.2) is 18.1 Å². The van der Waals surface area contributed by atoms with Gasteiger partial charge in [0.05, 0.1) is 12.0 Å². The highest BCUT2D eigenvalue weighted by atomic mass is 32.2. The van der Waals surface area contributed by atoms with Crippen molar-refractivity contribution >= 4 is 52.2 Å². The van der Waals surface area contributed by atoms with Gasteiger partial charge in [-0.25, -0.2) is 4.79 Å². The third-order valence-corrected chi connectivity index (χ3v) is 9.90. The van der Waals surface area contributed by atoms with Crippen LogP contribution in [0.3, 0.4) is 0 Å². The fraction of sp³-hybridized carbons (Fsp3) is 0.333. The Bertz CT molecular complexity index is 1670. The molecule has 12 heteroatoms. The van der Waals surface area contributed by atoms with E-state index in [-0.39, 0.29) is 29.9 Å². The number of amides is 2. The molecule has 2 heterocycles. The highest BCUT2D eigenvalue weighted by Crippen LogP contribution is 2.49. The number of thiocarbonyl (C=S) groups is 1. The Kier molecular flexibility index (Phi) is 8.86. The summed E-state index contributed by atoms with van der Waals surface area (Å²) in [4.78, 5) is 40.1. The molecular weight excluding hydrogens is 617 g/mol. The SMILES string of the molecule is COc1ccc(-c2ccc(/C=C3\SC(=S)N(C4CC5CCC4C5)C3=O)o2)cc1OCC(=O)N[C@@H](Cc1ccc(O)cc1)C(=O)O. The Balaban J connectivity index is 1.11. The van der Waals surface area contributed by atoms with E-state index in [1.54, 1.807) is 48.5 Å². The Morgan fingerprint density at radius 3 is 2.62 bits per heavy atom. The second kappa shape index (κ2) is 13.0. The molecule has 2 amide bonds. The molecule has 3 fully saturated rings. The van der Waals surface area contributed by atoms with Crippen molar-refractivity contribution in [1.29, 1.82) is 0 Å². The quantitative estimate of drug-likeness (QED) is 0.187. The normalized spacial score (nSPS) is 22.2. The van der Waals surface area contributed by atoms with Crippen LogP contribution >= 0.6 is 24.0 Å². The molecular formula is C33H32N2O8S2. The number of furan rings is 1. The number of carboxylic acids is 1. The number of nitrogens with one attached hydrogen (secondary N) is 1. The van der Waals surface area contributed by atoms with Gasteiger partial charge in [-0.2, -0.15) is 0 Å². The number of aromatic hydroxyl groups is 1. The van der Waals surface area contributed by atoms with Crippen molar-refractivity contribution in [2.24, 2.45) is 11.8 Å². The van der Waals surface area contributed by atoms with Gasteiger partial charge in [0.2, 0.25) is 0 Å². The topological polar surface area (TPSA) is 139 Å². The second-order valence-electron chi connectivity index (χ2n) is 11.5. The number of carboxylic acid groups (broad SMARTS) is 1. The largest absolute Gasteiger partial charge is 0.508 e. The van der Waals surface area contributed by atoms with Crippen molar-refractivity contribution < 1.29 is 38.5 Å². The summed E-state index contributed by atoms with van der Waals surface area (Å²) < 4.78 is 17.8. The summed E-state index contributed by atoms with van der Waals surface area (Å²) in [5.74, 6) is 1.07. The first-order valence-electron chi connectivity index (χ1n) is 14.7. The minimum Gasteiger partial charge on any atom is -0.508 e. The van der Waals surface area contributed by atoms with E-state index in [1.807, 2.05) is 4.90 Å². The van der Waals surface area contributed by atoms with Crippen LogP contribution in [0.1, 0.15) is 37.0 Å². The summed E-state index contributed by atoms with van der Waals surface area (Å²) in [6.45, 7) is -0.451. The van der Waals surface area contributed by atoms with Crippen molar-refractivity contribution in [1.82, 2.24) is 10.2 Å². The number of fused-ring (bicyclic) bond motifs is 2. The van der Waals surface area contributed by atoms with E-state index in [9.17, 15) is 24.6 Å². The number of carbonyl (C=O) groups excluding carboxylic acids is 2. The lowest BCUT2D eigenvalue weighted by molar-refractivity contribution is -0.142. The zero-order chi connectivity index (χ0) is 31.7. The van der Waals surface area contributed by atoms with E-state index < -0.39 is 24.5 Å². The Hall–Kier alpha value is -4.29. The number of ether oxygens (including phenoxy) is 2. The predicted octanol–water partition coefficient (Wildman–Crippen LogP) is 5.24. The van der Waals surface area contributed by atoms with E-state index >= 15 is 0 Å². The Morgan fingerprint density at radius 1 is 1.13 bits per heavy atom. The van der Waals surface area contributed by atoms with Gasteiger partial charge >= 0.3 is 5.97 Å². The van der Waals surface area contributed by atoms with Crippen molar-refractivity contribution in [3.05, 3.63) is 70.8 Å². The summed E-state index contributed by atoms with van der Waals surface area (Å²) in [5.41, 5.74) is 1.29. The molecule has 1 aliphatic heterocycles. The number of nitrogens with zero attached hydrogens (tertiary/aromatic N) is 1. The maximum atomic E-state index is 13.3. The number of phenolic OH excluding ortho intramolecular Hbond substituents is 1. The number of rotatable bonds is 11. The molecule has 2 saturated carbocycles. The van der Waals surface area contributed by atoms with E-state index in [2.05, 4.69) is 5.32 Å². The van der Waals surface area contributed by atoms with E-state index in [1.165, 1.54) is 43.8 Å². The van der Waals surface area contributed by atoms with Gasteiger partial charge in [-0.15, -0.1) is 0 Å². The molecule has 3 aliphatic rings. The average molecular weight is 649 g/mol. The number of thioether (sulfide) groups is 1. The molecule has 3 aromatic rings. The van der Waals surface area contributed by atoms with Crippen LogP contribution in [0.2, 0.25) is 0 Å². The zero-order valence-corrected chi connectivity index (χ0v) is 26.1. The third-order valence-electron chi connectivity index (χ3n) is 8.57. The Labute approximate surface area is 269 Å². The van der Waals surface area contributed by atoms with Crippen LogP contribution in [-0.2, 0) is 20.8 Å². The average Bonchev–Trinajstić information content (AvgIpc) is 3.82. The number of benzene rings is 2. The number of phenols is 1. The molecule has 4 atom stereocenters. The molecule has 3 N–H and O–H groups in total. The molecule has 2 aromatic carbocycles. The smallest absolute Gasteiger partial charge is 0.326 e. The van der Waals surface area contributed by atoms with E-state index in [0.29, 0.717) is 49.5 Å². The maximum Gasteiger partial charge on any atom is 0.326 e. The van der Waals surface area contributed by atoms with E-state index in [4.69, 9.17) is 26.1 Å². The molecule has 3 unspecified atom stereocenters. The van der Waals surface area contributed by atoms with Gasteiger partial charge in [0.25, 0.3) is 11.8 Å². The summed E-state index contributed by atoms with van der Waals surface area (Å²) in [7, 11) is 1.47. The number of hydrogen-bond donors (Lipinski definition) is 3. The summed E-state index contributed by atoms with van der Waals surface area (Å²) in [5, 5.41) is 21.5. The lowest BCUT2D eigenvalue weighted by Crippen LogP contribution is -2.44. The van der Waals surface area contributed by atoms with Crippen molar-refractivity contribution in [3.8, 4) is 28.6 Å². The zero-order valence-electron chi connectivity index (χ0n) is 24.4. The number of carbonyl (C=O) groups is 3. The number of aliphatic carboxylic acids is 1. The second-order valence-corrected chi connectivity index (χ2v) is 13.2. The van der Waals surface area contributed by atoms with Crippen molar-refractivity contribution in [3.63, 3.8) is 0 Å².